The minimum Gasteiger partial charge on any atom is -0.465 e. The standard InChI is InChI=1S/C23H28N4O3/c1-3-25(17-9-5-4-6-10-17)16(2)21-15-18(13-14-26(21)23(29)30)27-20-12-8-7-11-19(20)24-22(27)28/h4-12,16,18,21H,3,13-15H2,1-2H3,(H,24,28)(H,29,30). The molecule has 3 atom stereocenters. The highest BCUT2D eigenvalue weighted by Crippen LogP contribution is 2.33. The minimum atomic E-state index is -0.902. The number of fused-ring (bicyclic) bond motifs is 1. The van der Waals surface area contributed by atoms with Crippen LogP contribution >= 0.6 is 0 Å². The fourth-order valence-corrected chi connectivity index (χ4v) is 4.88. The van der Waals surface area contributed by atoms with Gasteiger partial charge in [0.2, 0.25) is 0 Å². The normalized spacial score (nSPS) is 20.3. The van der Waals surface area contributed by atoms with Gasteiger partial charge in [-0.3, -0.25) is 4.57 Å². The van der Waals surface area contributed by atoms with Crippen LogP contribution in [0.15, 0.2) is 59.4 Å². The minimum absolute atomic E-state index is 0.0304. The molecule has 0 bridgehead atoms. The Morgan fingerprint density at radius 3 is 2.60 bits per heavy atom. The number of likely N-dealkylation sites (N-methyl/N-ethyl adjacent to an activating group) is 1. The molecule has 1 fully saturated rings. The first-order chi connectivity index (χ1) is 14.5. The number of nitrogens with one attached hydrogen (secondary N) is 1. The summed E-state index contributed by atoms with van der Waals surface area (Å²) in [5.74, 6) is 0. The molecule has 0 saturated carbocycles. The van der Waals surface area contributed by atoms with Crippen molar-refractivity contribution in [2.75, 3.05) is 18.0 Å². The topological polar surface area (TPSA) is 81.6 Å². The summed E-state index contributed by atoms with van der Waals surface area (Å²) in [6.45, 7) is 5.34. The monoisotopic (exact) mass is 408 g/mol. The van der Waals surface area contributed by atoms with Gasteiger partial charge >= 0.3 is 11.8 Å². The van der Waals surface area contributed by atoms with E-state index in [0.29, 0.717) is 19.4 Å². The van der Waals surface area contributed by atoms with Crippen molar-refractivity contribution in [2.24, 2.45) is 0 Å². The highest BCUT2D eigenvalue weighted by molar-refractivity contribution is 5.75. The molecule has 2 heterocycles. The molecule has 1 amide bonds. The lowest BCUT2D eigenvalue weighted by molar-refractivity contribution is 0.0821. The average Bonchev–Trinajstić information content (AvgIpc) is 3.10. The van der Waals surface area contributed by atoms with Crippen molar-refractivity contribution in [1.29, 1.82) is 0 Å². The van der Waals surface area contributed by atoms with Gasteiger partial charge in [-0.25, -0.2) is 9.59 Å². The van der Waals surface area contributed by atoms with E-state index in [1.54, 1.807) is 4.90 Å². The second kappa shape index (κ2) is 8.26. The van der Waals surface area contributed by atoms with Crippen molar-refractivity contribution in [1.82, 2.24) is 14.5 Å². The van der Waals surface area contributed by atoms with Crippen molar-refractivity contribution in [2.45, 2.75) is 44.8 Å². The third-order valence-corrected chi connectivity index (χ3v) is 6.33. The molecular weight excluding hydrogens is 380 g/mol. The number of hydrogen-bond donors (Lipinski definition) is 2. The third-order valence-electron chi connectivity index (χ3n) is 6.33. The molecule has 1 aliphatic rings. The molecule has 30 heavy (non-hydrogen) atoms. The van der Waals surface area contributed by atoms with E-state index in [1.165, 1.54) is 0 Å². The van der Waals surface area contributed by atoms with Crippen molar-refractivity contribution in [3.8, 4) is 0 Å². The van der Waals surface area contributed by atoms with Gasteiger partial charge in [-0.1, -0.05) is 30.3 Å². The summed E-state index contributed by atoms with van der Waals surface area (Å²) in [6.07, 6.45) is 0.313. The average molecular weight is 409 g/mol. The van der Waals surface area contributed by atoms with Crippen LogP contribution in [0.3, 0.4) is 0 Å². The fraction of sp³-hybridized carbons (Fsp3) is 0.391. The quantitative estimate of drug-likeness (QED) is 0.670. The molecule has 0 aliphatic carbocycles. The van der Waals surface area contributed by atoms with E-state index >= 15 is 0 Å². The first kappa shape index (κ1) is 20.1. The zero-order valence-corrected chi connectivity index (χ0v) is 17.4. The van der Waals surface area contributed by atoms with E-state index in [4.69, 9.17) is 0 Å². The van der Waals surface area contributed by atoms with Gasteiger partial charge in [-0.05, 0) is 51.0 Å². The molecule has 0 radical (unpaired) electrons. The number of benzene rings is 2. The van der Waals surface area contributed by atoms with Crippen molar-refractivity contribution >= 4 is 22.8 Å². The van der Waals surface area contributed by atoms with E-state index in [1.807, 2.05) is 47.0 Å². The van der Waals surface area contributed by atoms with Crippen molar-refractivity contribution < 1.29 is 9.90 Å². The van der Waals surface area contributed by atoms with Crippen LogP contribution in [0.2, 0.25) is 0 Å². The van der Waals surface area contributed by atoms with Gasteiger partial charge in [0, 0.05) is 30.9 Å². The van der Waals surface area contributed by atoms with Crippen LogP contribution in [-0.4, -0.2) is 50.8 Å². The molecule has 2 N–H and O–H groups in total. The first-order valence-corrected chi connectivity index (χ1v) is 10.5. The van der Waals surface area contributed by atoms with Gasteiger partial charge < -0.3 is 19.9 Å². The van der Waals surface area contributed by atoms with Gasteiger partial charge in [0.1, 0.15) is 0 Å². The number of para-hydroxylation sites is 3. The number of H-pyrrole nitrogens is 1. The van der Waals surface area contributed by atoms with Crippen LogP contribution in [0.4, 0.5) is 10.5 Å². The van der Waals surface area contributed by atoms with Crippen LogP contribution in [0.5, 0.6) is 0 Å². The number of carboxylic acid groups (broad SMARTS) is 1. The maximum atomic E-state index is 12.7. The molecule has 2 aromatic carbocycles. The van der Waals surface area contributed by atoms with Crippen LogP contribution in [0.25, 0.3) is 11.0 Å². The van der Waals surface area contributed by atoms with Crippen LogP contribution in [0, 0.1) is 0 Å². The molecule has 7 nitrogen and oxygen atoms in total. The van der Waals surface area contributed by atoms with E-state index in [9.17, 15) is 14.7 Å². The molecule has 1 aromatic heterocycles. The number of likely N-dealkylation sites (tertiary alicyclic amines) is 1. The van der Waals surface area contributed by atoms with Gasteiger partial charge in [-0.2, -0.15) is 0 Å². The molecule has 1 saturated heterocycles. The summed E-state index contributed by atoms with van der Waals surface area (Å²) in [6, 6.07) is 17.4. The highest BCUT2D eigenvalue weighted by Gasteiger charge is 2.38. The van der Waals surface area contributed by atoms with Gasteiger partial charge in [-0.15, -0.1) is 0 Å². The summed E-state index contributed by atoms with van der Waals surface area (Å²) in [4.78, 5) is 31.4. The zero-order chi connectivity index (χ0) is 21.3. The Kier molecular flexibility index (Phi) is 5.53. The van der Waals surface area contributed by atoms with Gasteiger partial charge in [0.25, 0.3) is 0 Å². The number of aromatic amines is 1. The number of aromatic nitrogens is 2. The Morgan fingerprint density at radius 2 is 1.90 bits per heavy atom. The molecule has 1 aliphatic heterocycles. The maximum absolute atomic E-state index is 12.7. The zero-order valence-electron chi connectivity index (χ0n) is 17.4. The van der Waals surface area contributed by atoms with E-state index in [2.05, 4.69) is 35.9 Å². The molecule has 3 aromatic rings. The predicted molar refractivity (Wildman–Crippen MR) is 118 cm³/mol. The molecule has 4 rings (SSSR count). The van der Waals surface area contributed by atoms with Gasteiger partial charge in [0.15, 0.2) is 0 Å². The third kappa shape index (κ3) is 3.56. The summed E-state index contributed by atoms with van der Waals surface area (Å²) in [5.41, 5.74) is 2.63. The number of imidazole rings is 1. The van der Waals surface area contributed by atoms with E-state index in [-0.39, 0.29) is 23.8 Å². The molecular formula is C23H28N4O3. The Balaban J connectivity index is 1.68. The summed E-state index contributed by atoms with van der Waals surface area (Å²) in [5, 5.41) is 9.86. The summed E-state index contributed by atoms with van der Waals surface area (Å²) >= 11 is 0. The lowest BCUT2D eigenvalue weighted by Crippen LogP contribution is -2.56. The number of anilines is 1. The van der Waals surface area contributed by atoms with E-state index < -0.39 is 6.09 Å². The second-order valence-electron chi connectivity index (χ2n) is 7.90. The van der Waals surface area contributed by atoms with Crippen LogP contribution in [0.1, 0.15) is 32.7 Å². The maximum Gasteiger partial charge on any atom is 0.407 e. The Bertz CT molecular complexity index is 1070. The highest BCUT2D eigenvalue weighted by atomic mass is 16.4. The fourth-order valence-electron chi connectivity index (χ4n) is 4.88. The van der Waals surface area contributed by atoms with E-state index in [0.717, 1.165) is 23.3 Å². The number of carbonyl (C=O) groups is 1. The van der Waals surface area contributed by atoms with Crippen molar-refractivity contribution in [3.63, 3.8) is 0 Å². The summed E-state index contributed by atoms with van der Waals surface area (Å²) in [7, 11) is 0. The second-order valence-corrected chi connectivity index (χ2v) is 7.90. The number of amides is 1. The smallest absolute Gasteiger partial charge is 0.407 e. The Labute approximate surface area is 175 Å². The molecule has 7 heteroatoms. The van der Waals surface area contributed by atoms with Gasteiger partial charge in [0.05, 0.1) is 17.1 Å². The molecule has 158 valence electrons. The number of rotatable bonds is 5. The molecule has 0 spiro atoms. The van der Waals surface area contributed by atoms with Crippen molar-refractivity contribution in [3.05, 3.63) is 65.1 Å². The lowest BCUT2D eigenvalue weighted by Gasteiger charge is -2.45. The Morgan fingerprint density at radius 1 is 1.20 bits per heavy atom. The predicted octanol–water partition coefficient (Wildman–Crippen LogP) is 3.93. The van der Waals surface area contributed by atoms with Crippen LogP contribution < -0.4 is 10.6 Å². The number of hydrogen-bond acceptors (Lipinski definition) is 3. The summed E-state index contributed by atoms with van der Waals surface area (Å²) < 4.78 is 1.81. The Hall–Kier alpha value is -3.22. The number of nitrogens with zero attached hydrogens (tertiary/aromatic N) is 3. The largest absolute Gasteiger partial charge is 0.465 e. The SMILES string of the molecule is CCN(c1ccccc1)C(C)C1CC(n2c(=O)[nH]c3ccccc32)CCN1C(=O)O. The number of piperidine rings is 1. The first-order valence-electron chi connectivity index (χ1n) is 10.5. The molecule has 3 unspecified atom stereocenters. The lowest BCUT2D eigenvalue weighted by atomic mass is 9.91. The van der Waals surface area contributed by atoms with Crippen LogP contribution in [-0.2, 0) is 0 Å².